The lowest BCUT2D eigenvalue weighted by molar-refractivity contribution is -0.156. The van der Waals surface area contributed by atoms with Crippen LogP contribution in [-0.2, 0) is 39.8 Å². The normalized spacial score (nSPS) is 28.1. The number of hydrogen-bond donors (Lipinski definition) is 0. The first-order valence-corrected chi connectivity index (χ1v) is 19.2. The number of aryl methyl sites for hydroxylation is 1. The zero-order valence-corrected chi connectivity index (χ0v) is 30.8. The van der Waals surface area contributed by atoms with E-state index in [-0.39, 0.29) is 37.7 Å². The van der Waals surface area contributed by atoms with Crippen LogP contribution in [0.3, 0.4) is 0 Å². The molecule has 0 saturated carbocycles. The van der Waals surface area contributed by atoms with Crippen molar-refractivity contribution >= 4 is 33.8 Å². The molecule has 15 nitrogen and oxygen atoms in total. The van der Waals surface area contributed by atoms with Crippen LogP contribution in [0, 0.1) is 25.2 Å². The highest BCUT2D eigenvalue weighted by molar-refractivity contribution is 7.99. The maximum Gasteiger partial charge on any atom is 0.337 e. The Morgan fingerprint density at radius 1 is 1.10 bits per heavy atom. The molecule has 7 atom stereocenters. The fraction of sp³-hybridized carbons (Fsp3) is 0.559. The Morgan fingerprint density at radius 2 is 1.84 bits per heavy atom. The van der Waals surface area contributed by atoms with Gasteiger partial charge in [-0.1, -0.05) is 6.07 Å². The molecule has 5 aliphatic rings. The third-order valence-electron chi connectivity index (χ3n) is 10.2. The van der Waals surface area contributed by atoms with Gasteiger partial charge >= 0.3 is 11.9 Å². The number of carbonyl (C=O) groups is 2. The van der Waals surface area contributed by atoms with Gasteiger partial charge in [-0.05, 0) is 38.4 Å². The summed E-state index contributed by atoms with van der Waals surface area (Å²) in [5.41, 5.74) is 4.41. The van der Waals surface area contributed by atoms with Crippen molar-refractivity contribution in [2.24, 2.45) is 0 Å². The summed E-state index contributed by atoms with van der Waals surface area (Å²) in [4.78, 5) is 30.5. The summed E-state index contributed by atoms with van der Waals surface area (Å²) in [7, 11) is 1.01. The van der Waals surface area contributed by atoms with Crippen molar-refractivity contribution in [3.63, 3.8) is 0 Å². The molecule has 7 rings (SSSR count). The molecule has 1 unspecified atom stereocenters. The monoisotopic (exact) mass is 745 g/mol. The van der Waals surface area contributed by atoms with Crippen molar-refractivity contribution in [3.05, 3.63) is 39.4 Å². The number of likely N-dealkylation sites (N-methyl/N-ethyl adjacent to an activating group) is 1. The molecule has 2 aromatic carbocycles. The molecule has 0 spiro atoms. The van der Waals surface area contributed by atoms with Gasteiger partial charge in [0.25, 0.3) is 10.1 Å². The van der Waals surface area contributed by atoms with E-state index in [1.807, 2.05) is 14.0 Å². The molecular weight excluding hydrogens is 707 g/mol. The van der Waals surface area contributed by atoms with Gasteiger partial charge < -0.3 is 33.2 Å². The second-order valence-corrected chi connectivity index (χ2v) is 16.0. The number of piperazine rings is 1. The van der Waals surface area contributed by atoms with E-state index in [1.54, 1.807) is 14.0 Å². The maximum absolute atomic E-state index is 13.5. The highest BCUT2D eigenvalue weighted by atomic mass is 32.2. The van der Waals surface area contributed by atoms with Gasteiger partial charge in [0, 0.05) is 54.1 Å². The Balaban J connectivity index is 1.54. The molecule has 17 heteroatoms. The summed E-state index contributed by atoms with van der Waals surface area (Å²) < 4.78 is 71.4. The van der Waals surface area contributed by atoms with E-state index in [9.17, 15) is 23.3 Å². The first-order valence-electron chi connectivity index (χ1n) is 16.3. The fourth-order valence-electron chi connectivity index (χ4n) is 8.47. The summed E-state index contributed by atoms with van der Waals surface area (Å²) in [6.45, 7) is 4.59. The lowest BCUT2D eigenvalue weighted by atomic mass is 9.71. The van der Waals surface area contributed by atoms with Gasteiger partial charge in [-0.25, -0.2) is 4.79 Å². The van der Waals surface area contributed by atoms with E-state index >= 15 is 0 Å². The minimum absolute atomic E-state index is 0.0509. The second kappa shape index (κ2) is 13.3. The number of rotatable bonds is 7. The fourth-order valence-corrected chi connectivity index (χ4v) is 10.6. The van der Waals surface area contributed by atoms with Gasteiger partial charge in [0.1, 0.15) is 18.4 Å². The van der Waals surface area contributed by atoms with E-state index in [0.29, 0.717) is 46.1 Å². The zero-order valence-electron chi connectivity index (χ0n) is 29.2. The van der Waals surface area contributed by atoms with Crippen LogP contribution in [0.2, 0.25) is 0 Å². The average Bonchev–Trinajstić information content (AvgIpc) is 3.56. The number of nitriles is 1. The first-order chi connectivity index (χ1) is 24.3. The predicted molar refractivity (Wildman–Crippen MR) is 180 cm³/mol. The number of ether oxygens (including phenoxy) is 7. The van der Waals surface area contributed by atoms with Crippen LogP contribution in [0.5, 0.6) is 28.7 Å². The summed E-state index contributed by atoms with van der Waals surface area (Å²) in [5, 5.41) is 10.3. The standard InChI is InChI=1S/C34H39N3O12S2/c1-15-8-18-9-19-20(10-35)37-21-11-44-34(39)22(49-51(7,40)41)12-50-33(25-24(21)32-30(46-14-47-32)16(2)29(25)48-17(3)38)27(37)26(36(19)4)23(18)31(28(15)43-6)45-13-42-5/h8,19-22,26-27,33H,9,11-14H2,1-7H3/t19-,20-,21+,22-,26+,27?,33+/m0/s1. The number of cyclic esters (lactones) is 1. The predicted octanol–water partition coefficient (Wildman–Crippen LogP) is 2.85. The Hall–Kier alpha value is -3.79. The number of thioether (sulfide) groups is 1. The van der Waals surface area contributed by atoms with E-state index < -0.39 is 57.6 Å². The van der Waals surface area contributed by atoms with E-state index in [2.05, 4.69) is 21.9 Å². The number of benzene rings is 2. The highest BCUT2D eigenvalue weighted by Gasteiger charge is 2.61. The van der Waals surface area contributed by atoms with Crippen LogP contribution >= 0.6 is 11.8 Å². The molecular formula is C34H39N3O12S2. The lowest BCUT2D eigenvalue weighted by Crippen LogP contribution is -2.69. The van der Waals surface area contributed by atoms with Crippen molar-refractivity contribution in [3.8, 4) is 34.8 Å². The Labute approximate surface area is 300 Å². The van der Waals surface area contributed by atoms with Crippen LogP contribution in [0.15, 0.2) is 6.07 Å². The molecule has 5 heterocycles. The molecule has 2 aromatic rings. The van der Waals surface area contributed by atoms with Crippen LogP contribution in [-0.4, -0.2) is 108 Å². The van der Waals surface area contributed by atoms with Gasteiger partial charge in [0.05, 0.1) is 36.8 Å². The minimum atomic E-state index is -4.07. The molecule has 0 aromatic heterocycles. The molecule has 274 valence electrons. The number of carbonyl (C=O) groups excluding carboxylic acids is 2. The summed E-state index contributed by atoms with van der Waals surface area (Å²) >= 11 is 1.25. The second-order valence-electron chi connectivity index (χ2n) is 13.2. The molecule has 2 saturated heterocycles. The third-order valence-corrected chi connectivity index (χ3v) is 12.2. The largest absolute Gasteiger partial charge is 0.493 e. The summed E-state index contributed by atoms with van der Waals surface area (Å²) in [6.07, 6.45) is -0.0836. The first kappa shape index (κ1) is 35.6. The number of methoxy groups -OCH3 is 2. The molecule has 51 heavy (non-hydrogen) atoms. The van der Waals surface area contributed by atoms with Crippen molar-refractivity contribution < 1.29 is 55.3 Å². The summed E-state index contributed by atoms with van der Waals surface area (Å²) in [5.74, 6) is 0.550. The SMILES string of the molecule is COCOc1c(OC)c(C)cc2c1[C@@H]1C3[C@@H]4SC[C@H](OS(C)(=O)=O)C(=O)OC[C@H](c5c6c(c(C)c(OC(C)=O)c54)OCO6)N3[C@@H](C#N)[C@H](C2)N1C. The van der Waals surface area contributed by atoms with E-state index in [4.69, 9.17) is 37.3 Å². The van der Waals surface area contributed by atoms with Gasteiger partial charge in [-0.2, -0.15) is 13.7 Å². The van der Waals surface area contributed by atoms with Gasteiger partial charge in [-0.15, -0.1) is 11.8 Å². The van der Waals surface area contributed by atoms with Crippen molar-refractivity contribution in [2.45, 2.75) is 68.8 Å². The lowest BCUT2D eigenvalue weighted by Gasteiger charge is -2.61. The molecule has 0 N–H and O–H groups in total. The van der Waals surface area contributed by atoms with Crippen LogP contribution in [0.1, 0.15) is 57.6 Å². The molecule has 0 aliphatic carbocycles. The van der Waals surface area contributed by atoms with Gasteiger partial charge in [0.2, 0.25) is 6.79 Å². The number of nitrogens with zero attached hydrogens (tertiary/aromatic N) is 3. The van der Waals surface area contributed by atoms with Gasteiger partial charge in [-0.3, -0.25) is 18.8 Å². The van der Waals surface area contributed by atoms with E-state index in [1.165, 1.54) is 25.8 Å². The molecule has 0 amide bonds. The quantitative estimate of drug-likeness (QED) is 0.175. The zero-order chi connectivity index (χ0) is 36.5. The van der Waals surface area contributed by atoms with Crippen molar-refractivity contribution in [1.29, 1.82) is 5.26 Å². The molecule has 4 bridgehead atoms. The van der Waals surface area contributed by atoms with Crippen LogP contribution < -0.4 is 23.7 Å². The molecule has 0 radical (unpaired) electrons. The maximum atomic E-state index is 13.5. The highest BCUT2D eigenvalue weighted by Crippen LogP contribution is 2.64. The van der Waals surface area contributed by atoms with Crippen LogP contribution in [0.4, 0.5) is 0 Å². The summed E-state index contributed by atoms with van der Waals surface area (Å²) in [6, 6.07) is 1.79. The van der Waals surface area contributed by atoms with Gasteiger partial charge in [0.15, 0.2) is 35.9 Å². The van der Waals surface area contributed by atoms with Crippen LogP contribution in [0.25, 0.3) is 0 Å². The Kier molecular flexibility index (Phi) is 9.30. The molecule has 2 fully saturated rings. The topological polar surface area (TPSA) is 172 Å². The number of esters is 2. The Morgan fingerprint density at radius 3 is 2.51 bits per heavy atom. The third kappa shape index (κ3) is 5.76. The molecule has 5 aliphatic heterocycles. The van der Waals surface area contributed by atoms with Crippen molar-refractivity contribution in [2.75, 3.05) is 53.5 Å². The smallest absolute Gasteiger partial charge is 0.337 e. The van der Waals surface area contributed by atoms with E-state index in [0.717, 1.165) is 22.9 Å². The Bertz CT molecular complexity index is 1950. The minimum Gasteiger partial charge on any atom is -0.493 e. The average molecular weight is 746 g/mol. The number of hydrogen-bond acceptors (Lipinski definition) is 16. The number of fused-ring (bicyclic) bond motifs is 9. The van der Waals surface area contributed by atoms with Crippen molar-refractivity contribution in [1.82, 2.24) is 9.80 Å².